The molecule has 1 rings (SSSR count). The molecule has 2 atom stereocenters. The Labute approximate surface area is 61.1 Å². The van der Waals surface area contributed by atoms with Gasteiger partial charge in [0.15, 0.2) is 0 Å². The van der Waals surface area contributed by atoms with E-state index in [0.717, 1.165) is 12.8 Å². The Bertz CT molecular complexity index is 163. The summed E-state index contributed by atoms with van der Waals surface area (Å²) in [5.41, 5.74) is 5.17. The number of rotatable bonds is 1. The van der Waals surface area contributed by atoms with Gasteiger partial charge in [-0.15, -0.1) is 0 Å². The van der Waals surface area contributed by atoms with Gasteiger partial charge in [0.25, 0.3) is 0 Å². The van der Waals surface area contributed by atoms with Gasteiger partial charge in [0.05, 0.1) is 5.92 Å². The van der Waals surface area contributed by atoms with Crippen molar-refractivity contribution in [3.8, 4) is 0 Å². The lowest BCUT2D eigenvalue weighted by molar-refractivity contribution is -0.121. The molecule has 1 aliphatic carbocycles. The summed E-state index contributed by atoms with van der Waals surface area (Å²) in [6.45, 7) is 2.07. The average molecular weight is 139 g/mol. The molecule has 0 heterocycles. The summed E-state index contributed by atoms with van der Waals surface area (Å²) in [4.78, 5) is 10.7. The van der Waals surface area contributed by atoms with Crippen LogP contribution in [0, 0.1) is 11.8 Å². The number of nitrogens with two attached hydrogens (primary N) is 1. The molecule has 2 N–H and O–H groups in total. The van der Waals surface area contributed by atoms with Crippen molar-refractivity contribution in [2.75, 3.05) is 0 Å². The van der Waals surface area contributed by atoms with Gasteiger partial charge in [-0.2, -0.15) is 0 Å². The molecule has 0 aromatic carbocycles. The van der Waals surface area contributed by atoms with Crippen molar-refractivity contribution in [3.05, 3.63) is 12.2 Å². The third-order valence-electron chi connectivity index (χ3n) is 2.07. The summed E-state index contributed by atoms with van der Waals surface area (Å²) in [5.74, 6) is 0.222. The number of carbonyl (C=O) groups is 1. The van der Waals surface area contributed by atoms with E-state index in [0.29, 0.717) is 5.92 Å². The lowest BCUT2D eigenvalue weighted by Crippen LogP contribution is -2.28. The van der Waals surface area contributed by atoms with E-state index in [1.807, 2.05) is 12.2 Å². The van der Waals surface area contributed by atoms with E-state index in [1.165, 1.54) is 0 Å². The number of hydrogen-bond acceptors (Lipinski definition) is 1. The van der Waals surface area contributed by atoms with Crippen LogP contribution in [-0.2, 0) is 4.79 Å². The van der Waals surface area contributed by atoms with Gasteiger partial charge in [-0.05, 0) is 18.8 Å². The second kappa shape index (κ2) is 2.86. The summed E-state index contributed by atoms with van der Waals surface area (Å²) < 4.78 is 0. The van der Waals surface area contributed by atoms with Crippen LogP contribution >= 0.6 is 0 Å². The van der Waals surface area contributed by atoms with Crippen LogP contribution in [-0.4, -0.2) is 5.91 Å². The van der Waals surface area contributed by atoms with Crippen molar-refractivity contribution in [2.45, 2.75) is 19.8 Å². The van der Waals surface area contributed by atoms with Gasteiger partial charge < -0.3 is 5.73 Å². The maximum atomic E-state index is 10.7. The molecule has 0 saturated carbocycles. The quantitative estimate of drug-likeness (QED) is 0.542. The molecular weight excluding hydrogens is 126 g/mol. The second-order valence-electron chi connectivity index (χ2n) is 2.91. The highest BCUT2D eigenvalue weighted by atomic mass is 16.1. The van der Waals surface area contributed by atoms with Crippen molar-refractivity contribution >= 4 is 5.91 Å². The van der Waals surface area contributed by atoms with Crippen LogP contribution in [0.4, 0.5) is 0 Å². The Morgan fingerprint density at radius 2 is 2.40 bits per heavy atom. The maximum absolute atomic E-state index is 10.7. The first-order valence-corrected chi connectivity index (χ1v) is 3.68. The van der Waals surface area contributed by atoms with Gasteiger partial charge in [0.2, 0.25) is 5.91 Å². The molecule has 0 aromatic heterocycles. The highest BCUT2D eigenvalue weighted by Gasteiger charge is 2.21. The third kappa shape index (κ3) is 1.38. The van der Waals surface area contributed by atoms with Crippen molar-refractivity contribution in [2.24, 2.45) is 17.6 Å². The van der Waals surface area contributed by atoms with E-state index >= 15 is 0 Å². The Balaban J connectivity index is 2.64. The molecule has 0 aromatic rings. The van der Waals surface area contributed by atoms with E-state index < -0.39 is 0 Å². The number of carbonyl (C=O) groups excluding carboxylic acids is 1. The molecule has 1 unspecified atom stereocenters. The SMILES string of the molecule is C[C@H]1CCC=CC1C(N)=O. The van der Waals surface area contributed by atoms with Crippen molar-refractivity contribution in [1.29, 1.82) is 0 Å². The van der Waals surface area contributed by atoms with Crippen LogP contribution in [0.2, 0.25) is 0 Å². The summed E-state index contributed by atoms with van der Waals surface area (Å²) in [7, 11) is 0. The van der Waals surface area contributed by atoms with Gasteiger partial charge in [-0.25, -0.2) is 0 Å². The first-order chi connectivity index (χ1) is 4.72. The summed E-state index contributed by atoms with van der Waals surface area (Å²) in [5, 5.41) is 0. The minimum atomic E-state index is -0.191. The standard InChI is InChI=1S/C8H13NO/c1-6-4-2-3-5-7(6)8(9)10/h3,5-7H,2,4H2,1H3,(H2,9,10)/t6-,7?/m0/s1. The predicted molar refractivity (Wildman–Crippen MR) is 40.2 cm³/mol. The number of primary amides is 1. The Morgan fingerprint density at radius 3 is 2.80 bits per heavy atom. The van der Waals surface area contributed by atoms with Crippen LogP contribution in [0.5, 0.6) is 0 Å². The molecule has 0 fully saturated rings. The van der Waals surface area contributed by atoms with E-state index in [4.69, 9.17) is 5.73 Å². The zero-order valence-corrected chi connectivity index (χ0v) is 6.21. The maximum Gasteiger partial charge on any atom is 0.224 e. The van der Waals surface area contributed by atoms with Crippen LogP contribution < -0.4 is 5.73 Å². The molecule has 0 saturated heterocycles. The Kier molecular flexibility index (Phi) is 2.10. The number of amides is 1. The minimum absolute atomic E-state index is 0.0197. The van der Waals surface area contributed by atoms with E-state index in [2.05, 4.69) is 6.92 Å². The lowest BCUT2D eigenvalue weighted by atomic mass is 9.85. The van der Waals surface area contributed by atoms with E-state index in [-0.39, 0.29) is 11.8 Å². The van der Waals surface area contributed by atoms with Crippen LogP contribution in [0.3, 0.4) is 0 Å². The molecule has 0 radical (unpaired) electrons. The molecule has 0 spiro atoms. The molecule has 2 heteroatoms. The summed E-state index contributed by atoms with van der Waals surface area (Å²) in [6.07, 6.45) is 6.14. The summed E-state index contributed by atoms with van der Waals surface area (Å²) in [6, 6.07) is 0. The fourth-order valence-corrected chi connectivity index (χ4v) is 1.35. The molecule has 1 aliphatic rings. The van der Waals surface area contributed by atoms with Gasteiger partial charge in [0, 0.05) is 0 Å². The zero-order chi connectivity index (χ0) is 7.56. The molecule has 10 heavy (non-hydrogen) atoms. The largest absolute Gasteiger partial charge is 0.369 e. The smallest absolute Gasteiger partial charge is 0.224 e. The van der Waals surface area contributed by atoms with E-state index in [1.54, 1.807) is 0 Å². The van der Waals surface area contributed by atoms with Crippen molar-refractivity contribution in [3.63, 3.8) is 0 Å². The molecule has 0 bridgehead atoms. The molecule has 2 nitrogen and oxygen atoms in total. The molecule has 0 aliphatic heterocycles. The van der Waals surface area contributed by atoms with Crippen molar-refractivity contribution in [1.82, 2.24) is 0 Å². The third-order valence-corrected chi connectivity index (χ3v) is 2.07. The molecular formula is C8H13NO. The Hall–Kier alpha value is -0.790. The van der Waals surface area contributed by atoms with Crippen molar-refractivity contribution < 1.29 is 4.79 Å². The van der Waals surface area contributed by atoms with E-state index in [9.17, 15) is 4.79 Å². The topological polar surface area (TPSA) is 43.1 Å². The fraction of sp³-hybridized carbons (Fsp3) is 0.625. The monoisotopic (exact) mass is 139 g/mol. The van der Waals surface area contributed by atoms with Crippen LogP contribution in [0.25, 0.3) is 0 Å². The first kappa shape index (κ1) is 7.32. The average Bonchev–Trinajstić information content (AvgIpc) is 1.88. The molecule has 56 valence electrons. The zero-order valence-electron chi connectivity index (χ0n) is 6.21. The number of allylic oxidation sites excluding steroid dienone is 1. The lowest BCUT2D eigenvalue weighted by Gasteiger charge is -2.20. The highest BCUT2D eigenvalue weighted by molar-refractivity contribution is 5.78. The van der Waals surface area contributed by atoms with Crippen LogP contribution in [0.1, 0.15) is 19.8 Å². The van der Waals surface area contributed by atoms with Gasteiger partial charge in [0.1, 0.15) is 0 Å². The highest BCUT2D eigenvalue weighted by Crippen LogP contribution is 2.23. The molecule has 1 amide bonds. The minimum Gasteiger partial charge on any atom is -0.369 e. The number of hydrogen-bond donors (Lipinski definition) is 1. The normalized spacial score (nSPS) is 32.1. The second-order valence-corrected chi connectivity index (χ2v) is 2.91. The fourth-order valence-electron chi connectivity index (χ4n) is 1.35. The van der Waals surface area contributed by atoms with Gasteiger partial charge >= 0.3 is 0 Å². The predicted octanol–water partition coefficient (Wildman–Crippen LogP) is 1.07. The van der Waals surface area contributed by atoms with Gasteiger partial charge in [-0.1, -0.05) is 19.1 Å². The van der Waals surface area contributed by atoms with Crippen LogP contribution in [0.15, 0.2) is 12.2 Å². The summed E-state index contributed by atoms with van der Waals surface area (Å²) >= 11 is 0. The van der Waals surface area contributed by atoms with Gasteiger partial charge in [-0.3, -0.25) is 4.79 Å². The first-order valence-electron chi connectivity index (χ1n) is 3.68. The Morgan fingerprint density at radius 1 is 1.70 bits per heavy atom.